The lowest BCUT2D eigenvalue weighted by Crippen LogP contribution is -2.29. The number of amides is 1. The first-order valence-corrected chi connectivity index (χ1v) is 10.9. The topological polar surface area (TPSA) is 102 Å². The molecule has 1 amide bonds. The van der Waals surface area contributed by atoms with Crippen molar-refractivity contribution in [2.45, 2.75) is 18.2 Å². The van der Waals surface area contributed by atoms with Crippen LogP contribution < -0.4 is 10.0 Å². The third-order valence-electron chi connectivity index (χ3n) is 3.47. The largest absolute Gasteiger partial charge is 0.452 e. The van der Waals surface area contributed by atoms with Gasteiger partial charge in [0.1, 0.15) is 0 Å². The molecule has 2 aromatic carbocycles. The van der Waals surface area contributed by atoms with Crippen LogP contribution in [0.3, 0.4) is 0 Å². The molecule has 2 aromatic rings. The molecule has 0 radical (unpaired) electrons. The first-order chi connectivity index (χ1) is 13.2. The van der Waals surface area contributed by atoms with Gasteiger partial charge in [-0.2, -0.15) is 0 Å². The Morgan fingerprint density at radius 3 is 2.46 bits per heavy atom. The summed E-state index contributed by atoms with van der Waals surface area (Å²) in [6.07, 6.45) is 0.747. The predicted octanol–water partition coefficient (Wildman–Crippen LogP) is 3.59. The second-order valence-electron chi connectivity index (χ2n) is 5.68. The maximum Gasteiger partial charge on any atom is 0.340 e. The van der Waals surface area contributed by atoms with Crippen molar-refractivity contribution in [2.24, 2.45) is 0 Å². The van der Waals surface area contributed by atoms with Crippen LogP contribution in [0, 0.1) is 0 Å². The average Bonchev–Trinajstić information content (AvgIpc) is 2.66. The molecule has 0 atom stereocenters. The quantitative estimate of drug-likeness (QED) is 0.552. The van der Waals surface area contributed by atoms with E-state index in [1.165, 1.54) is 12.1 Å². The average molecular weight is 490 g/mol. The minimum atomic E-state index is -3.95. The molecule has 0 unspecified atom stereocenters. The zero-order chi connectivity index (χ0) is 20.7. The smallest absolute Gasteiger partial charge is 0.340 e. The summed E-state index contributed by atoms with van der Waals surface area (Å²) < 4.78 is 33.3. The fourth-order valence-electron chi connectivity index (χ4n) is 2.08. The Kier molecular flexibility index (Phi) is 7.85. The van der Waals surface area contributed by atoms with Crippen molar-refractivity contribution in [1.82, 2.24) is 5.32 Å². The van der Waals surface area contributed by atoms with E-state index in [-0.39, 0.29) is 15.5 Å². The number of nitrogens with one attached hydrogen (secondary N) is 2. The minimum absolute atomic E-state index is 0.0153. The number of hydrogen-bond donors (Lipinski definition) is 2. The van der Waals surface area contributed by atoms with Crippen LogP contribution in [0.25, 0.3) is 0 Å². The van der Waals surface area contributed by atoms with Crippen molar-refractivity contribution in [2.75, 3.05) is 17.9 Å². The molecule has 2 N–H and O–H groups in total. The molecule has 0 saturated carbocycles. The van der Waals surface area contributed by atoms with Crippen LogP contribution in [-0.4, -0.2) is 33.4 Å². The van der Waals surface area contributed by atoms with Crippen LogP contribution in [0.5, 0.6) is 0 Å². The normalized spacial score (nSPS) is 11.0. The Bertz CT molecular complexity index is 964. The molecule has 0 aliphatic rings. The molecular formula is C18H18BrClN2O5S. The third kappa shape index (κ3) is 6.22. The van der Waals surface area contributed by atoms with E-state index in [1.54, 1.807) is 24.3 Å². The van der Waals surface area contributed by atoms with E-state index in [9.17, 15) is 18.0 Å². The van der Waals surface area contributed by atoms with E-state index in [4.69, 9.17) is 16.3 Å². The molecule has 150 valence electrons. The van der Waals surface area contributed by atoms with E-state index in [0.29, 0.717) is 12.2 Å². The number of rotatable bonds is 8. The summed E-state index contributed by atoms with van der Waals surface area (Å²) in [6.45, 7) is 1.87. The standard InChI is InChI=1S/C18H18BrClN2O5S/c1-2-9-21-17(23)11-27-18(24)15-10-14(7-8-16(15)20)28(25,26)22-13-5-3-12(19)4-6-13/h3-8,10,22H,2,9,11H2,1H3,(H,21,23). The lowest BCUT2D eigenvalue weighted by Gasteiger charge is -2.11. The summed E-state index contributed by atoms with van der Waals surface area (Å²) >= 11 is 9.27. The molecule has 0 spiro atoms. The fourth-order valence-corrected chi connectivity index (χ4v) is 3.63. The van der Waals surface area contributed by atoms with Gasteiger partial charge < -0.3 is 10.1 Å². The van der Waals surface area contributed by atoms with Crippen LogP contribution in [0.15, 0.2) is 51.8 Å². The van der Waals surface area contributed by atoms with Gasteiger partial charge in [-0.3, -0.25) is 9.52 Å². The SMILES string of the molecule is CCCNC(=O)COC(=O)c1cc(S(=O)(=O)Nc2ccc(Br)cc2)ccc1Cl. The lowest BCUT2D eigenvalue weighted by atomic mass is 10.2. The van der Waals surface area contributed by atoms with Crippen LogP contribution in [0.4, 0.5) is 5.69 Å². The summed E-state index contributed by atoms with van der Waals surface area (Å²) in [7, 11) is -3.95. The summed E-state index contributed by atoms with van der Waals surface area (Å²) in [5.41, 5.74) is 0.207. The van der Waals surface area contributed by atoms with Crippen LogP contribution >= 0.6 is 27.5 Å². The number of ether oxygens (including phenoxy) is 1. The third-order valence-corrected chi connectivity index (χ3v) is 5.71. The molecule has 2 rings (SSSR count). The number of halogens is 2. The first-order valence-electron chi connectivity index (χ1n) is 8.24. The highest BCUT2D eigenvalue weighted by Gasteiger charge is 2.20. The van der Waals surface area contributed by atoms with Gasteiger partial charge in [-0.25, -0.2) is 13.2 Å². The molecule has 0 aliphatic heterocycles. The molecular weight excluding hydrogens is 472 g/mol. The van der Waals surface area contributed by atoms with E-state index < -0.39 is 28.5 Å². The second kappa shape index (κ2) is 9.90. The Morgan fingerprint density at radius 1 is 1.14 bits per heavy atom. The highest BCUT2D eigenvalue weighted by atomic mass is 79.9. The van der Waals surface area contributed by atoms with Crippen LogP contribution in [-0.2, 0) is 19.6 Å². The van der Waals surface area contributed by atoms with Gasteiger partial charge >= 0.3 is 5.97 Å². The second-order valence-corrected chi connectivity index (χ2v) is 8.69. The Hall–Kier alpha value is -2.10. The fraction of sp³-hybridized carbons (Fsp3) is 0.222. The number of esters is 1. The van der Waals surface area contributed by atoms with Crippen molar-refractivity contribution in [3.05, 3.63) is 57.5 Å². The van der Waals surface area contributed by atoms with E-state index in [0.717, 1.165) is 17.0 Å². The van der Waals surface area contributed by atoms with Gasteiger partial charge in [-0.05, 0) is 48.9 Å². The summed E-state index contributed by atoms with van der Waals surface area (Å²) in [6, 6.07) is 10.2. The van der Waals surface area contributed by atoms with Gasteiger partial charge in [-0.1, -0.05) is 34.5 Å². The molecule has 28 heavy (non-hydrogen) atoms. The minimum Gasteiger partial charge on any atom is -0.452 e. The van der Waals surface area contributed by atoms with Gasteiger partial charge in [0.15, 0.2) is 6.61 Å². The van der Waals surface area contributed by atoms with Crippen molar-refractivity contribution in [1.29, 1.82) is 0 Å². The van der Waals surface area contributed by atoms with Gasteiger partial charge in [0.05, 0.1) is 15.5 Å². The molecule has 0 saturated heterocycles. The molecule has 0 fully saturated rings. The predicted molar refractivity (Wildman–Crippen MR) is 110 cm³/mol. The maximum atomic E-state index is 12.6. The molecule has 0 heterocycles. The number of hydrogen-bond acceptors (Lipinski definition) is 5. The lowest BCUT2D eigenvalue weighted by molar-refractivity contribution is -0.124. The Morgan fingerprint density at radius 2 is 1.82 bits per heavy atom. The van der Waals surface area contributed by atoms with Crippen molar-refractivity contribution in [3.8, 4) is 0 Å². The number of sulfonamides is 1. The zero-order valence-electron chi connectivity index (χ0n) is 14.9. The number of carbonyl (C=O) groups excluding carboxylic acids is 2. The first kappa shape index (κ1) is 22.2. The summed E-state index contributed by atoms with van der Waals surface area (Å²) in [5, 5.41) is 2.58. The van der Waals surface area contributed by atoms with Gasteiger partial charge in [0.25, 0.3) is 15.9 Å². The van der Waals surface area contributed by atoms with Crippen LogP contribution in [0.2, 0.25) is 5.02 Å². The van der Waals surface area contributed by atoms with Crippen LogP contribution in [0.1, 0.15) is 23.7 Å². The maximum absolute atomic E-state index is 12.6. The van der Waals surface area contributed by atoms with Gasteiger partial charge in [-0.15, -0.1) is 0 Å². The summed E-state index contributed by atoms with van der Waals surface area (Å²) in [5.74, 6) is -1.34. The van der Waals surface area contributed by atoms with E-state index in [2.05, 4.69) is 26.0 Å². The number of carbonyl (C=O) groups is 2. The van der Waals surface area contributed by atoms with Crippen molar-refractivity contribution < 1.29 is 22.7 Å². The zero-order valence-corrected chi connectivity index (χ0v) is 18.0. The number of anilines is 1. The molecule has 0 aliphatic carbocycles. The van der Waals surface area contributed by atoms with Crippen molar-refractivity contribution in [3.63, 3.8) is 0 Å². The van der Waals surface area contributed by atoms with E-state index >= 15 is 0 Å². The van der Waals surface area contributed by atoms with Gasteiger partial charge in [0.2, 0.25) is 0 Å². The molecule has 0 aromatic heterocycles. The highest BCUT2D eigenvalue weighted by molar-refractivity contribution is 9.10. The highest BCUT2D eigenvalue weighted by Crippen LogP contribution is 2.24. The molecule has 10 heteroatoms. The number of benzene rings is 2. The monoisotopic (exact) mass is 488 g/mol. The van der Waals surface area contributed by atoms with Crippen molar-refractivity contribution >= 4 is 55.1 Å². The molecule has 7 nitrogen and oxygen atoms in total. The summed E-state index contributed by atoms with van der Waals surface area (Å²) in [4.78, 5) is 23.6. The molecule has 0 bridgehead atoms. The van der Waals surface area contributed by atoms with Gasteiger partial charge in [0, 0.05) is 16.7 Å². The van der Waals surface area contributed by atoms with E-state index in [1.807, 2.05) is 6.92 Å². The Labute approximate surface area is 176 Å². The Balaban J connectivity index is 2.16.